The zero-order valence-corrected chi connectivity index (χ0v) is 9.53. The molecule has 1 heterocycles. The Morgan fingerprint density at radius 1 is 1.50 bits per heavy atom. The van der Waals surface area contributed by atoms with Crippen LogP contribution in [0, 0.1) is 5.92 Å². The molecule has 0 saturated carbocycles. The quantitative estimate of drug-likeness (QED) is 0.707. The van der Waals surface area contributed by atoms with E-state index in [2.05, 4.69) is 34.3 Å². The van der Waals surface area contributed by atoms with E-state index in [1.165, 1.54) is 5.56 Å². The minimum atomic E-state index is 0.524. The Kier molecular flexibility index (Phi) is 3.54. The molecule has 0 aliphatic heterocycles. The average molecular weight is 218 g/mol. The van der Waals surface area contributed by atoms with Crippen LogP contribution in [-0.2, 0) is 6.54 Å². The molecule has 0 bridgehead atoms. The molecule has 1 aromatic heterocycles. The van der Waals surface area contributed by atoms with Crippen LogP contribution in [0.4, 0.5) is 0 Å². The van der Waals surface area contributed by atoms with Gasteiger partial charge in [0.1, 0.15) is 0 Å². The third-order valence-electron chi connectivity index (χ3n) is 2.71. The number of aromatic nitrogens is 2. The van der Waals surface area contributed by atoms with Crippen LogP contribution in [0.2, 0.25) is 0 Å². The van der Waals surface area contributed by atoms with Gasteiger partial charge in [0, 0.05) is 6.54 Å². The zero-order valence-electron chi connectivity index (χ0n) is 9.53. The second-order valence-corrected chi connectivity index (χ2v) is 4.23. The van der Waals surface area contributed by atoms with Crippen LogP contribution in [0.1, 0.15) is 12.5 Å². The van der Waals surface area contributed by atoms with Gasteiger partial charge in [-0.3, -0.25) is 0 Å². The molecule has 0 spiro atoms. The molecule has 0 fully saturated rings. The number of nitrogens with one attached hydrogen (secondary N) is 2. The lowest BCUT2D eigenvalue weighted by Gasteiger charge is -2.09. The first-order valence-electron chi connectivity index (χ1n) is 5.62. The predicted octanol–water partition coefficient (Wildman–Crippen LogP) is 1.25. The number of benzene rings is 1. The molecule has 0 radical (unpaired) electrons. The highest BCUT2D eigenvalue weighted by Crippen LogP contribution is 2.11. The maximum Gasteiger partial charge on any atom is 0.0931 e. The summed E-state index contributed by atoms with van der Waals surface area (Å²) in [6, 6.07) is 6.26. The molecular formula is C12H18N4. The first kappa shape index (κ1) is 11.1. The van der Waals surface area contributed by atoms with Crippen LogP contribution in [0.3, 0.4) is 0 Å². The number of nitrogens with two attached hydrogens (primary N) is 1. The van der Waals surface area contributed by atoms with Gasteiger partial charge in [-0.2, -0.15) is 0 Å². The third-order valence-corrected chi connectivity index (χ3v) is 2.71. The maximum absolute atomic E-state index is 5.56. The molecule has 0 aliphatic carbocycles. The van der Waals surface area contributed by atoms with E-state index in [1.54, 1.807) is 6.33 Å². The molecule has 1 aromatic carbocycles. The maximum atomic E-state index is 5.56. The molecule has 0 amide bonds. The van der Waals surface area contributed by atoms with Gasteiger partial charge in [-0.1, -0.05) is 13.0 Å². The van der Waals surface area contributed by atoms with Crippen molar-refractivity contribution < 1.29 is 0 Å². The van der Waals surface area contributed by atoms with Crippen LogP contribution < -0.4 is 11.1 Å². The normalized spacial score (nSPS) is 13.1. The number of imidazole rings is 1. The van der Waals surface area contributed by atoms with E-state index >= 15 is 0 Å². The van der Waals surface area contributed by atoms with Gasteiger partial charge < -0.3 is 16.0 Å². The summed E-state index contributed by atoms with van der Waals surface area (Å²) in [6.07, 6.45) is 1.72. The molecule has 86 valence electrons. The largest absolute Gasteiger partial charge is 0.345 e. The molecule has 1 atom stereocenters. The van der Waals surface area contributed by atoms with Gasteiger partial charge in [0.2, 0.25) is 0 Å². The number of nitrogens with zero attached hydrogens (tertiary/aromatic N) is 1. The summed E-state index contributed by atoms with van der Waals surface area (Å²) in [5.74, 6) is 0.524. The van der Waals surface area contributed by atoms with Crippen LogP contribution in [-0.4, -0.2) is 23.1 Å². The van der Waals surface area contributed by atoms with E-state index in [4.69, 9.17) is 5.73 Å². The molecule has 4 heteroatoms. The summed E-state index contributed by atoms with van der Waals surface area (Å²) >= 11 is 0. The fraction of sp³-hybridized carbons (Fsp3) is 0.417. The number of rotatable bonds is 5. The third kappa shape index (κ3) is 2.59. The van der Waals surface area contributed by atoms with Crippen molar-refractivity contribution in [3.63, 3.8) is 0 Å². The lowest BCUT2D eigenvalue weighted by atomic mass is 10.1. The number of hydrogen-bond donors (Lipinski definition) is 3. The first-order chi connectivity index (χ1) is 7.79. The van der Waals surface area contributed by atoms with Gasteiger partial charge in [-0.25, -0.2) is 4.98 Å². The van der Waals surface area contributed by atoms with Crippen molar-refractivity contribution in [1.29, 1.82) is 0 Å². The number of H-pyrrole nitrogens is 1. The summed E-state index contributed by atoms with van der Waals surface area (Å²) < 4.78 is 0. The van der Waals surface area contributed by atoms with Crippen molar-refractivity contribution in [2.24, 2.45) is 11.7 Å². The van der Waals surface area contributed by atoms with Crippen molar-refractivity contribution in [1.82, 2.24) is 15.3 Å². The van der Waals surface area contributed by atoms with Crippen LogP contribution in [0.15, 0.2) is 24.5 Å². The van der Waals surface area contributed by atoms with Crippen molar-refractivity contribution >= 4 is 11.0 Å². The average Bonchev–Trinajstić information content (AvgIpc) is 2.76. The molecular weight excluding hydrogens is 200 g/mol. The Balaban J connectivity index is 1.93. The van der Waals surface area contributed by atoms with E-state index in [1.807, 2.05) is 6.07 Å². The van der Waals surface area contributed by atoms with Crippen molar-refractivity contribution in [3.8, 4) is 0 Å². The van der Waals surface area contributed by atoms with Gasteiger partial charge in [0.15, 0.2) is 0 Å². The van der Waals surface area contributed by atoms with Crippen LogP contribution >= 0.6 is 0 Å². The molecule has 0 aliphatic rings. The second kappa shape index (κ2) is 5.09. The topological polar surface area (TPSA) is 66.7 Å². The smallest absolute Gasteiger partial charge is 0.0931 e. The van der Waals surface area contributed by atoms with E-state index in [0.717, 1.165) is 30.7 Å². The van der Waals surface area contributed by atoms with Crippen molar-refractivity contribution in [2.75, 3.05) is 13.1 Å². The van der Waals surface area contributed by atoms with Crippen molar-refractivity contribution in [3.05, 3.63) is 30.1 Å². The number of fused-ring (bicyclic) bond motifs is 1. The first-order valence-corrected chi connectivity index (χ1v) is 5.62. The summed E-state index contributed by atoms with van der Waals surface area (Å²) in [7, 11) is 0. The van der Waals surface area contributed by atoms with Crippen LogP contribution in [0.25, 0.3) is 11.0 Å². The van der Waals surface area contributed by atoms with E-state index < -0.39 is 0 Å². The summed E-state index contributed by atoms with van der Waals surface area (Å²) in [5.41, 5.74) is 8.93. The van der Waals surface area contributed by atoms with Gasteiger partial charge in [0.05, 0.1) is 17.4 Å². The molecule has 0 saturated heterocycles. The summed E-state index contributed by atoms with van der Waals surface area (Å²) in [5, 5.41) is 3.39. The highest BCUT2D eigenvalue weighted by atomic mass is 14.9. The lowest BCUT2D eigenvalue weighted by Crippen LogP contribution is -2.25. The molecule has 16 heavy (non-hydrogen) atoms. The van der Waals surface area contributed by atoms with Gasteiger partial charge in [0.25, 0.3) is 0 Å². The fourth-order valence-electron chi connectivity index (χ4n) is 1.64. The molecule has 4 nitrogen and oxygen atoms in total. The lowest BCUT2D eigenvalue weighted by molar-refractivity contribution is 0.522. The number of hydrogen-bond acceptors (Lipinski definition) is 3. The Labute approximate surface area is 95.3 Å². The predicted molar refractivity (Wildman–Crippen MR) is 66.0 cm³/mol. The SMILES string of the molecule is CC(CN)CNCc1ccc2nc[nH]c2c1. The second-order valence-electron chi connectivity index (χ2n) is 4.23. The standard InChI is InChI=1S/C12H18N4/c1-9(5-13)6-14-7-10-2-3-11-12(4-10)16-8-15-11/h2-4,8-9,14H,5-7,13H2,1H3,(H,15,16). The molecule has 1 unspecified atom stereocenters. The van der Waals surface area contributed by atoms with E-state index in [9.17, 15) is 0 Å². The molecule has 4 N–H and O–H groups in total. The summed E-state index contributed by atoms with van der Waals surface area (Å²) in [6.45, 7) is 4.70. The molecule has 2 rings (SSSR count). The minimum Gasteiger partial charge on any atom is -0.345 e. The highest BCUT2D eigenvalue weighted by molar-refractivity contribution is 5.74. The minimum absolute atomic E-state index is 0.524. The van der Waals surface area contributed by atoms with Crippen molar-refractivity contribution in [2.45, 2.75) is 13.5 Å². The highest BCUT2D eigenvalue weighted by Gasteiger charge is 2.00. The zero-order chi connectivity index (χ0) is 11.4. The molecule has 2 aromatic rings. The van der Waals surface area contributed by atoms with E-state index in [-0.39, 0.29) is 0 Å². The number of aromatic amines is 1. The Morgan fingerprint density at radius 3 is 3.19 bits per heavy atom. The van der Waals surface area contributed by atoms with Gasteiger partial charge >= 0.3 is 0 Å². The van der Waals surface area contributed by atoms with E-state index in [0.29, 0.717) is 5.92 Å². The monoisotopic (exact) mass is 218 g/mol. The Hall–Kier alpha value is -1.39. The fourth-order valence-corrected chi connectivity index (χ4v) is 1.64. The Bertz CT molecular complexity index is 449. The van der Waals surface area contributed by atoms with Gasteiger partial charge in [-0.15, -0.1) is 0 Å². The van der Waals surface area contributed by atoms with Gasteiger partial charge in [-0.05, 0) is 36.7 Å². The Morgan fingerprint density at radius 2 is 2.38 bits per heavy atom. The van der Waals surface area contributed by atoms with Crippen LogP contribution in [0.5, 0.6) is 0 Å². The summed E-state index contributed by atoms with van der Waals surface area (Å²) in [4.78, 5) is 7.30.